The minimum absolute atomic E-state index is 1.09. The maximum Gasteiger partial charge on any atom is 0.127 e. The molecule has 0 spiro atoms. The molecule has 3 rings (SSSR count). The summed E-state index contributed by atoms with van der Waals surface area (Å²) in [7, 11) is 0. The third kappa shape index (κ3) is 1.27. The van der Waals surface area contributed by atoms with Gasteiger partial charge in [0.1, 0.15) is 4.83 Å². The molecule has 0 saturated carbocycles. The van der Waals surface area contributed by atoms with Gasteiger partial charge in [0.05, 0.1) is 11.4 Å². The summed E-state index contributed by atoms with van der Waals surface area (Å²) in [5, 5.41) is 7.91. The molecule has 2 aromatic heterocycles. The Morgan fingerprint density at radius 3 is 2.73 bits per heavy atom. The third-order valence-corrected chi connectivity index (χ3v) is 3.37. The van der Waals surface area contributed by atoms with E-state index in [0.717, 1.165) is 11.4 Å². The average molecular weight is 214 g/mol. The van der Waals surface area contributed by atoms with Crippen LogP contribution >= 0.6 is 11.3 Å². The Balaban J connectivity index is 2.32. The number of rotatable bonds is 1. The quantitative estimate of drug-likeness (QED) is 0.607. The molecule has 1 aromatic carbocycles. The van der Waals surface area contributed by atoms with Gasteiger partial charge in [0.2, 0.25) is 0 Å². The molecule has 0 radical (unpaired) electrons. The molecular formula is C12H10N2S. The Hall–Kier alpha value is -1.61. The van der Waals surface area contributed by atoms with Gasteiger partial charge in [-0.3, -0.25) is 0 Å². The van der Waals surface area contributed by atoms with E-state index in [2.05, 4.69) is 35.6 Å². The smallest absolute Gasteiger partial charge is 0.127 e. The van der Waals surface area contributed by atoms with E-state index in [1.54, 1.807) is 11.3 Å². The summed E-state index contributed by atoms with van der Waals surface area (Å²) in [4.78, 5) is 1.22. The molecule has 15 heavy (non-hydrogen) atoms. The molecule has 2 heterocycles. The van der Waals surface area contributed by atoms with Gasteiger partial charge in [0.15, 0.2) is 0 Å². The summed E-state index contributed by atoms with van der Waals surface area (Å²) in [6, 6.07) is 12.4. The van der Waals surface area contributed by atoms with Crippen LogP contribution in [0.4, 0.5) is 0 Å². The molecule has 0 amide bonds. The van der Waals surface area contributed by atoms with Crippen LogP contribution in [0.15, 0.2) is 41.8 Å². The summed E-state index contributed by atoms with van der Waals surface area (Å²) >= 11 is 1.73. The number of para-hydroxylation sites is 1. The third-order valence-electron chi connectivity index (χ3n) is 2.48. The van der Waals surface area contributed by atoms with Crippen molar-refractivity contribution in [2.45, 2.75) is 6.92 Å². The summed E-state index contributed by atoms with van der Waals surface area (Å²) in [5.74, 6) is 0. The predicted molar refractivity (Wildman–Crippen MR) is 63.7 cm³/mol. The first-order valence-corrected chi connectivity index (χ1v) is 5.72. The molecule has 74 valence electrons. The highest BCUT2D eigenvalue weighted by Crippen LogP contribution is 2.26. The minimum Gasteiger partial charge on any atom is -0.223 e. The second-order valence-electron chi connectivity index (χ2n) is 3.47. The number of aromatic nitrogens is 2. The van der Waals surface area contributed by atoms with E-state index >= 15 is 0 Å². The first kappa shape index (κ1) is 8.68. The van der Waals surface area contributed by atoms with Gasteiger partial charge >= 0.3 is 0 Å². The number of benzene rings is 1. The van der Waals surface area contributed by atoms with Crippen LogP contribution in [0, 0.1) is 6.92 Å². The highest BCUT2D eigenvalue weighted by atomic mass is 32.1. The van der Waals surface area contributed by atoms with Crippen LogP contribution in [-0.4, -0.2) is 9.78 Å². The molecular weight excluding hydrogens is 204 g/mol. The van der Waals surface area contributed by atoms with Gasteiger partial charge in [-0.25, -0.2) is 4.68 Å². The molecule has 0 unspecified atom stereocenters. The molecule has 2 nitrogen and oxygen atoms in total. The van der Waals surface area contributed by atoms with Crippen molar-refractivity contribution in [1.82, 2.24) is 9.78 Å². The van der Waals surface area contributed by atoms with Crippen molar-refractivity contribution in [3.8, 4) is 5.69 Å². The number of fused-ring (bicyclic) bond motifs is 1. The molecule has 0 N–H and O–H groups in total. The highest BCUT2D eigenvalue weighted by Gasteiger charge is 2.08. The lowest BCUT2D eigenvalue weighted by Crippen LogP contribution is -1.94. The van der Waals surface area contributed by atoms with Crippen LogP contribution < -0.4 is 0 Å². The average Bonchev–Trinajstić information content (AvgIpc) is 2.84. The molecule has 0 bridgehead atoms. The molecule has 0 atom stereocenters. The van der Waals surface area contributed by atoms with E-state index in [9.17, 15) is 0 Å². The second-order valence-corrected chi connectivity index (χ2v) is 4.37. The Morgan fingerprint density at radius 1 is 1.13 bits per heavy atom. The SMILES string of the molecule is Cc1nn(-c2ccccc2)c2sccc12. The lowest BCUT2D eigenvalue weighted by atomic mass is 10.3. The maximum atomic E-state index is 4.55. The van der Waals surface area contributed by atoms with Gasteiger partial charge in [0, 0.05) is 5.39 Å². The Morgan fingerprint density at radius 2 is 1.93 bits per heavy atom. The van der Waals surface area contributed by atoms with E-state index in [0.29, 0.717) is 0 Å². The normalized spacial score (nSPS) is 11.0. The summed E-state index contributed by atoms with van der Waals surface area (Å²) in [6.07, 6.45) is 0. The van der Waals surface area contributed by atoms with E-state index in [4.69, 9.17) is 0 Å². The minimum atomic E-state index is 1.09. The molecule has 3 aromatic rings. The van der Waals surface area contributed by atoms with Crippen molar-refractivity contribution in [2.24, 2.45) is 0 Å². The zero-order valence-electron chi connectivity index (χ0n) is 8.34. The number of nitrogens with zero attached hydrogens (tertiary/aromatic N) is 2. The van der Waals surface area contributed by atoms with Gasteiger partial charge in [-0.1, -0.05) is 18.2 Å². The van der Waals surface area contributed by atoms with Gasteiger partial charge in [-0.05, 0) is 30.5 Å². The predicted octanol–water partition coefficient (Wildman–Crippen LogP) is 3.40. The molecule has 0 aliphatic rings. The summed E-state index contributed by atoms with van der Waals surface area (Å²) in [6.45, 7) is 2.05. The van der Waals surface area contributed by atoms with Gasteiger partial charge < -0.3 is 0 Å². The lowest BCUT2D eigenvalue weighted by Gasteiger charge is -2.00. The van der Waals surface area contributed by atoms with Crippen molar-refractivity contribution in [3.63, 3.8) is 0 Å². The first-order valence-electron chi connectivity index (χ1n) is 4.84. The van der Waals surface area contributed by atoms with Crippen LogP contribution in [0.5, 0.6) is 0 Å². The van der Waals surface area contributed by atoms with Crippen molar-refractivity contribution in [2.75, 3.05) is 0 Å². The topological polar surface area (TPSA) is 17.8 Å². The van der Waals surface area contributed by atoms with Crippen molar-refractivity contribution < 1.29 is 0 Å². The Kier molecular flexibility index (Phi) is 1.86. The van der Waals surface area contributed by atoms with Gasteiger partial charge in [-0.15, -0.1) is 11.3 Å². The fourth-order valence-electron chi connectivity index (χ4n) is 1.73. The summed E-state index contributed by atoms with van der Waals surface area (Å²) in [5.41, 5.74) is 2.22. The van der Waals surface area contributed by atoms with Crippen LogP contribution in [0.1, 0.15) is 5.69 Å². The molecule has 0 aliphatic carbocycles. The van der Waals surface area contributed by atoms with E-state index in [1.807, 2.05) is 22.9 Å². The van der Waals surface area contributed by atoms with Crippen molar-refractivity contribution in [1.29, 1.82) is 0 Å². The molecule has 0 saturated heterocycles. The fraction of sp³-hybridized carbons (Fsp3) is 0.0833. The van der Waals surface area contributed by atoms with Gasteiger partial charge in [0.25, 0.3) is 0 Å². The Bertz CT molecular complexity index is 592. The first-order chi connectivity index (χ1) is 7.36. The van der Waals surface area contributed by atoms with Crippen molar-refractivity contribution >= 4 is 21.6 Å². The van der Waals surface area contributed by atoms with Crippen LogP contribution in [-0.2, 0) is 0 Å². The highest BCUT2D eigenvalue weighted by molar-refractivity contribution is 7.16. The van der Waals surface area contributed by atoms with Crippen molar-refractivity contribution in [3.05, 3.63) is 47.5 Å². The van der Waals surface area contributed by atoms with E-state index in [-0.39, 0.29) is 0 Å². The van der Waals surface area contributed by atoms with E-state index in [1.165, 1.54) is 10.2 Å². The largest absolute Gasteiger partial charge is 0.223 e. The number of hydrogen-bond donors (Lipinski definition) is 0. The summed E-state index contributed by atoms with van der Waals surface area (Å²) < 4.78 is 2.01. The fourth-order valence-corrected chi connectivity index (χ4v) is 2.66. The van der Waals surface area contributed by atoms with E-state index < -0.39 is 0 Å². The lowest BCUT2D eigenvalue weighted by molar-refractivity contribution is 0.894. The molecule has 0 fully saturated rings. The van der Waals surface area contributed by atoms with Crippen LogP contribution in [0.2, 0.25) is 0 Å². The zero-order chi connectivity index (χ0) is 10.3. The van der Waals surface area contributed by atoms with Gasteiger partial charge in [-0.2, -0.15) is 5.10 Å². The zero-order valence-corrected chi connectivity index (χ0v) is 9.16. The molecule has 0 aliphatic heterocycles. The maximum absolute atomic E-state index is 4.55. The molecule has 3 heteroatoms. The number of aryl methyl sites for hydroxylation is 1. The monoisotopic (exact) mass is 214 g/mol. The standard InChI is InChI=1S/C12H10N2S/c1-9-11-7-8-15-12(11)14(13-9)10-5-3-2-4-6-10/h2-8H,1H3. The number of hydrogen-bond acceptors (Lipinski definition) is 2. The van der Waals surface area contributed by atoms with Crippen LogP contribution in [0.3, 0.4) is 0 Å². The second kappa shape index (κ2) is 3.21. The van der Waals surface area contributed by atoms with Crippen LogP contribution in [0.25, 0.3) is 15.9 Å². The Labute approximate surface area is 91.8 Å². The number of thiophene rings is 1.